The molecule has 0 saturated carbocycles. The Hall–Kier alpha value is -3.13. The molecule has 1 aliphatic heterocycles. The largest absolute Gasteiger partial charge is 0.336 e. The second-order valence-corrected chi connectivity index (χ2v) is 8.63. The van der Waals surface area contributed by atoms with E-state index in [-0.39, 0.29) is 17.5 Å². The number of carbonyl (C=O) groups excluding carboxylic acids is 2. The highest BCUT2D eigenvalue weighted by Crippen LogP contribution is 2.28. The fourth-order valence-corrected chi connectivity index (χ4v) is 4.46. The van der Waals surface area contributed by atoms with Gasteiger partial charge in [-0.05, 0) is 50.1 Å². The molecule has 0 spiro atoms. The van der Waals surface area contributed by atoms with Gasteiger partial charge in [0.1, 0.15) is 0 Å². The third-order valence-corrected chi connectivity index (χ3v) is 6.14. The second kappa shape index (κ2) is 7.95. The molecule has 1 aliphatic rings. The van der Waals surface area contributed by atoms with Crippen LogP contribution in [0.3, 0.4) is 0 Å². The molecular formula is C22H22N4O3S. The van der Waals surface area contributed by atoms with Gasteiger partial charge in [0, 0.05) is 13.1 Å². The van der Waals surface area contributed by atoms with Gasteiger partial charge in [-0.1, -0.05) is 36.0 Å². The minimum Gasteiger partial charge on any atom is -0.336 e. The number of nitrogens with one attached hydrogen (secondary N) is 1. The molecular weight excluding hydrogens is 400 g/mol. The van der Waals surface area contributed by atoms with Gasteiger partial charge < -0.3 is 5.32 Å². The summed E-state index contributed by atoms with van der Waals surface area (Å²) in [5.41, 5.74) is 3.07. The molecule has 0 aliphatic carbocycles. The van der Waals surface area contributed by atoms with Gasteiger partial charge in [0.15, 0.2) is 5.16 Å². The number of carbonyl (C=O) groups is 2. The number of para-hydroxylation sites is 1. The van der Waals surface area contributed by atoms with Gasteiger partial charge in [-0.2, -0.15) is 0 Å². The van der Waals surface area contributed by atoms with Crippen molar-refractivity contribution in [2.45, 2.75) is 31.2 Å². The van der Waals surface area contributed by atoms with Crippen molar-refractivity contribution in [1.82, 2.24) is 19.8 Å². The average Bonchev–Trinajstić information content (AvgIpc) is 3.15. The van der Waals surface area contributed by atoms with E-state index in [1.54, 1.807) is 23.6 Å². The van der Waals surface area contributed by atoms with Crippen molar-refractivity contribution in [3.8, 4) is 5.69 Å². The first kappa shape index (κ1) is 20.2. The molecule has 30 heavy (non-hydrogen) atoms. The molecule has 1 aromatic heterocycles. The van der Waals surface area contributed by atoms with Crippen LogP contribution in [0.25, 0.3) is 16.6 Å². The lowest BCUT2D eigenvalue weighted by Gasteiger charge is -2.20. The molecule has 4 rings (SSSR count). The quantitative estimate of drug-likeness (QED) is 0.516. The molecule has 1 fully saturated rings. The number of amides is 3. The van der Waals surface area contributed by atoms with Crippen LogP contribution in [0, 0.1) is 13.8 Å². The molecule has 7 nitrogen and oxygen atoms in total. The summed E-state index contributed by atoms with van der Waals surface area (Å²) in [4.78, 5) is 44.0. The highest BCUT2D eigenvalue weighted by atomic mass is 32.2. The maximum Gasteiger partial charge on any atom is 0.324 e. The Bertz CT molecular complexity index is 1220. The minimum absolute atomic E-state index is 0.185. The van der Waals surface area contributed by atoms with Crippen molar-refractivity contribution < 1.29 is 9.59 Å². The number of urea groups is 1. The Morgan fingerprint density at radius 3 is 2.67 bits per heavy atom. The maximum absolute atomic E-state index is 13.4. The number of hydrogen-bond acceptors (Lipinski definition) is 5. The number of rotatable bonds is 4. The summed E-state index contributed by atoms with van der Waals surface area (Å²) < 4.78 is 1.57. The van der Waals surface area contributed by atoms with Crippen molar-refractivity contribution in [1.29, 1.82) is 0 Å². The smallest absolute Gasteiger partial charge is 0.324 e. The molecule has 0 radical (unpaired) electrons. The third-order valence-electron chi connectivity index (χ3n) is 5.10. The van der Waals surface area contributed by atoms with Crippen LogP contribution in [0.5, 0.6) is 0 Å². The first-order chi connectivity index (χ1) is 14.4. The number of fused-ring (bicyclic) bond motifs is 1. The molecule has 1 unspecified atom stereocenters. The zero-order valence-electron chi connectivity index (χ0n) is 17.0. The Kier molecular flexibility index (Phi) is 5.34. The van der Waals surface area contributed by atoms with Crippen LogP contribution in [0.1, 0.15) is 18.1 Å². The summed E-state index contributed by atoms with van der Waals surface area (Å²) in [5, 5.41) is 2.99. The number of hydrogen-bond donors (Lipinski definition) is 1. The van der Waals surface area contributed by atoms with Crippen molar-refractivity contribution in [3.05, 3.63) is 63.9 Å². The van der Waals surface area contributed by atoms with Gasteiger partial charge >= 0.3 is 6.03 Å². The van der Waals surface area contributed by atoms with E-state index in [2.05, 4.69) is 5.32 Å². The summed E-state index contributed by atoms with van der Waals surface area (Å²) in [5.74, 6) is -0.301. The SMILES string of the molecule is Cc1ccc(C)c(-n2c(SC(C)C(=O)N3CCNC3=O)nc3ccccc3c2=O)c1. The van der Waals surface area contributed by atoms with Crippen molar-refractivity contribution in [2.75, 3.05) is 13.1 Å². The van der Waals surface area contributed by atoms with Crippen LogP contribution in [0.4, 0.5) is 4.79 Å². The molecule has 3 aromatic rings. The zero-order valence-corrected chi connectivity index (χ0v) is 17.8. The van der Waals surface area contributed by atoms with E-state index in [4.69, 9.17) is 4.98 Å². The molecule has 3 amide bonds. The molecule has 1 N–H and O–H groups in total. The number of benzene rings is 2. The number of aromatic nitrogens is 2. The van der Waals surface area contributed by atoms with Crippen LogP contribution in [-0.4, -0.2) is 44.7 Å². The fourth-order valence-electron chi connectivity index (χ4n) is 3.47. The van der Waals surface area contributed by atoms with Crippen molar-refractivity contribution in [3.63, 3.8) is 0 Å². The molecule has 154 valence electrons. The lowest BCUT2D eigenvalue weighted by molar-refractivity contribution is -0.126. The molecule has 0 bridgehead atoms. The second-order valence-electron chi connectivity index (χ2n) is 7.32. The van der Waals surface area contributed by atoms with Crippen molar-refractivity contribution in [2.24, 2.45) is 0 Å². The van der Waals surface area contributed by atoms with Gasteiger partial charge in [0.05, 0.1) is 21.8 Å². The van der Waals surface area contributed by atoms with E-state index in [1.807, 2.05) is 44.2 Å². The van der Waals surface area contributed by atoms with E-state index in [9.17, 15) is 14.4 Å². The Morgan fingerprint density at radius 1 is 1.17 bits per heavy atom. The predicted molar refractivity (Wildman–Crippen MR) is 117 cm³/mol. The van der Waals surface area contributed by atoms with E-state index in [1.165, 1.54) is 16.7 Å². The maximum atomic E-state index is 13.4. The predicted octanol–water partition coefficient (Wildman–Crippen LogP) is 3.03. The highest BCUT2D eigenvalue weighted by Gasteiger charge is 2.31. The summed E-state index contributed by atoms with van der Waals surface area (Å²) >= 11 is 1.19. The molecule has 2 heterocycles. The van der Waals surface area contributed by atoms with Gasteiger partial charge in [0.2, 0.25) is 5.91 Å². The number of aryl methyl sites for hydroxylation is 2. The lowest BCUT2D eigenvalue weighted by atomic mass is 10.1. The van der Waals surface area contributed by atoms with Gasteiger partial charge in [-0.25, -0.2) is 9.78 Å². The highest BCUT2D eigenvalue weighted by molar-refractivity contribution is 8.00. The van der Waals surface area contributed by atoms with E-state index >= 15 is 0 Å². The van der Waals surface area contributed by atoms with Crippen LogP contribution in [-0.2, 0) is 4.79 Å². The zero-order chi connectivity index (χ0) is 21.4. The number of imide groups is 1. The van der Waals surface area contributed by atoms with E-state index in [0.717, 1.165) is 16.8 Å². The minimum atomic E-state index is -0.585. The Labute approximate surface area is 178 Å². The van der Waals surface area contributed by atoms with Crippen LogP contribution in [0.2, 0.25) is 0 Å². The number of nitrogens with zero attached hydrogens (tertiary/aromatic N) is 3. The summed E-state index contributed by atoms with van der Waals surface area (Å²) in [6, 6.07) is 12.7. The topological polar surface area (TPSA) is 84.3 Å². The molecule has 1 saturated heterocycles. The summed E-state index contributed by atoms with van der Waals surface area (Å²) in [6.07, 6.45) is 0. The molecule has 8 heteroatoms. The van der Waals surface area contributed by atoms with Crippen molar-refractivity contribution >= 4 is 34.6 Å². The standard InChI is InChI=1S/C22H22N4O3S/c1-13-8-9-14(2)18(12-13)26-20(28)16-6-4-5-7-17(16)24-22(26)30-15(3)19(27)25-11-10-23-21(25)29/h4-9,12,15H,10-11H2,1-3H3,(H,23,29). The monoisotopic (exact) mass is 422 g/mol. The lowest BCUT2D eigenvalue weighted by Crippen LogP contribution is -2.39. The summed E-state index contributed by atoms with van der Waals surface area (Å²) in [6.45, 7) is 6.43. The first-order valence-electron chi connectivity index (χ1n) is 9.72. The third kappa shape index (κ3) is 3.59. The van der Waals surface area contributed by atoms with E-state index in [0.29, 0.717) is 29.1 Å². The van der Waals surface area contributed by atoms with Gasteiger partial charge in [-0.15, -0.1) is 0 Å². The fraction of sp³-hybridized carbons (Fsp3) is 0.273. The normalized spacial score (nSPS) is 14.8. The molecule has 2 aromatic carbocycles. The number of thioether (sulfide) groups is 1. The Balaban J connectivity index is 1.84. The average molecular weight is 423 g/mol. The van der Waals surface area contributed by atoms with E-state index < -0.39 is 5.25 Å². The van der Waals surface area contributed by atoms with Gasteiger partial charge in [0.25, 0.3) is 5.56 Å². The summed E-state index contributed by atoms with van der Waals surface area (Å²) in [7, 11) is 0. The molecule has 1 atom stereocenters. The van der Waals surface area contributed by atoms with Crippen LogP contribution >= 0.6 is 11.8 Å². The van der Waals surface area contributed by atoms with Crippen LogP contribution < -0.4 is 10.9 Å². The Morgan fingerprint density at radius 2 is 1.93 bits per heavy atom. The van der Waals surface area contributed by atoms with Gasteiger partial charge in [-0.3, -0.25) is 19.1 Å². The van der Waals surface area contributed by atoms with Crippen LogP contribution in [0.15, 0.2) is 52.4 Å². The first-order valence-corrected chi connectivity index (χ1v) is 10.6.